The highest BCUT2D eigenvalue weighted by Crippen LogP contribution is 2.36. The number of benzene rings is 1. The van der Waals surface area contributed by atoms with E-state index in [1.807, 2.05) is 14.1 Å². The summed E-state index contributed by atoms with van der Waals surface area (Å²) in [5.41, 5.74) is 0.196. The van der Waals surface area contributed by atoms with Crippen LogP contribution in [0.4, 0.5) is 18.9 Å². The molecule has 0 saturated heterocycles. The summed E-state index contributed by atoms with van der Waals surface area (Å²) >= 11 is 3.28. The number of nitrogens with zero attached hydrogens (tertiary/aromatic N) is 1. The van der Waals surface area contributed by atoms with Crippen molar-refractivity contribution in [1.82, 2.24) is 5.32 Å². The van der Waals surface area contributed by atoms with E-state index in [-0.39, 0.29) is 0 Å². The minimum absolute atomic E-state index is 0.377. The van der Waals surface area contributed by atoms with Gasteiger partial charge in [0.25, 0.3) is 0 Å². The first-order valence-electron chi connectivity index (χ1n) is 7.09. The van der Waals surface area contributed by atoms with Gasteiger partial charge < -0.3 is 10.2 Å². The molecule has 0 aromatic heterocycles. The zero-order chi connectivity index (χ0) is 15.6. The quantitative estimate of drug-likeness (QED) is 0.852. The molecule has 1 N–H and O–H groups in total. The lowest BCUT2D eigenvalue weighted by Gasteiger charge is -2.36. The van der Waals surface area contributed by atoms with E-state index >= 15 is 0 Å². The van der Waals surface area contributed by atoms with Crippen LogP contribution in [0.1, 0.15) is 31.2 Å². The third kappa shape index (κ3) is 3.92. The summed E-state index contributed by atoms with van der Waals surface area (Å²) in [5.74, 6) is 0. The van der Waals surface area contributed by atoms with Crippen molar-refractivity contribution in [1.29, 1.82) is 0 Å². The fraction of sp³-hybridized carbons (Fsp3) is 0.600. The van der Waals surface area contributed by atoms with Crippen molar-refractivity contribution < 1.29 is 13.2 Å². The molecule has 1 fully saturated rings. The molecule has 0 radical (unpaired) electrons. The van der Waals surface area contributed by atoms with E-state index in [1.165, 1.54) is 0 Å². The van der Waals surface area contributed by atoms with Crippen LogP contribution in [0.15, 0.2) is 22.7 Å². The van der Waals surface area contributed by atoms with Crippen molar-refractivity contribution in [3.8, 4) is 0 Å². The van der Waals surface area contributed by atoms with Gasteiger partial charge in [0.15, 0.2) is 0 Å². The summed E-state index contributed by atoms with van der Waals surface area (Å²) in [5, 5.41) is 3.29. The van der Waals surface area contributed by atoms with Gasteiger partial charge in [0.2, 0.25) is 0 Å². The lowest BCUT2D eigenvalue weighted by molar-refractivity contribution is -0.137. The van der Waals surface area contributed by atoms with Gasteiger partial charge in [-0.25, -0.2) is 0 Å². The molecule has 1 saturated carbocycles. The standard InChI is InChI=1S/C15H20BrF3N2/c1-20-11-4-6-12(7-5-11)21(2)14-8-3-10(9-13(14)16)15(17,18)19/h3,8-9,11-12,20H,4-7H2,1-2H3. The molecule has 0 bridgehead atoms. The first-order chi connectivity index (χ1) is 9.82. The molecule has 1 aliphatic carbocycles. The molecule has 0 unspecified atom stereocenters. The van der Waals surface area contributed by atoms with Gasteiger partial charge in [-0.2, -0.15) is 13.2 Å². The Labute approximate surface area is 131 Å². The summed E-state index contributed by atoms with van der Waals surface area (Å²) in [6.07, 6.45) is 0.00291. The van der Waals surface area contributed by atoms with Gasteiger partial charge in [-0.15, -0.1) is 0 Å². The van der Waals surface area contributed by atoms with E-state index in [9.17, 15) is 13.2 Å². The predicted molar refractivity (Wildman–Crippen MR) is 82.7 cm³/mol. The highest BCUT2D eigenvalue weighted by Gasteiger charge is 2.31. The van der Waals surface area contributed by atoms with E-state index in [0.717, 1.165) is 43.5 Å². The lowest BCUT2D eigenvalue weighted by atomic mass is 9.90. The minimum atomic E-state index is -4.30. The fourth-order valence-corrected chi connectivity index (χ4v) is 3.58. The number of alkyl halides is 3. The van der Waals surface area contributed by atoms with Crippen molar-refractivity contribution in [2.45, 2.75) is 43.9 Å². The molecule has 0 heterocycles. The Morgan fingerprint density at radius 1 is 1.19 bits per heavy atom. The molecule has 0 spiro atoms. The van der Waals surface area contributed by atoms with E-state index in [0.29, 0.717) is 16.6 Å². The van der Waals surface area contributed by atoms with E-state index < -0.39 is 11.7 Å². The minimum Gasteiger partial charge on any atom is -0.371 e. The second kappa shape index (κ2) is 6.57. The maximum absolute atomic E-state index is 12.7. The molecular formula is C15H20BrF3N2. The predicted octanol–water partition coefficient (Wildman–Crippen LogP) is 4.43. The Morgan fingerprint density at radius 3 is 2.29 bits per heavy atom. The Bertz CT molecular complexity index is 482. The molecule has 118 valence electrons. The van der Waals surface area contributed by atoms with Crippen LogP contribution in [0.25, 0.3) is 0 Å². The van der Waals surface area contributed by atoms with Gasteiger partial charge in [-0.3, -0.25) is 0 Å². The molecule has 0 atom stereocenters. The van der Waals surface area contributed by atoms with Crippen molar-refractivity contribution in [3.05, 3.63) is 28.2 Å². The SMILES string of the molecule is CNC1CCC(N(C)c2ccc(C(F)(F)F)cc2Br)CC1. The van der Waals surface area contributed by atoms with Crippen molar-refractivity contribution in [2.24, 2.45) is 0 Å². The third-order valence-electron chi connectivity index (χ3n) is 4.31. The number of rotatable bonds is 3. The lowest BCUT2D eigenvalue weighted by Crippen LogP contribution is -2.40. The fourth-order valence-electron chi connectivity index (χ4n) is 2.92. The van der Waals surface area contributed by atoms with Crippen LogP contribution in [0, 0.1) is 0 Å². The normalized spacial score (nSPS) is 23.1. The Hall–Kier alpha value is -0.750. The number of hydrogen-bond acceptors (Lipinski definition) is 2. The largest absolute Gasteiger partial charge is 0.416 e. The van der Waals surface area contributed by atoms with Gasteiger partial charge >= 0.3 is 6.18 Å². The smallest absolute Gasteiger partial charge is 0.371 e. The van der Waals surface area contributed by atoms with Crippen molar-refractivity contribution >= 4 is 21.6 Å². The molecule has 21 heavy (non-hydrogen) atoms. The van der Waals surface area contributed by atoms with Gasteiger partial charge in [0, 0.05) is 23.6 Å². The van der Waals surface area contributed by atoms with E-state index in [4.69, 9.17) is 0 Å². The molecule has 6 heteroatoms. The molecule has 1 aromatic rings. The van der Waals surface area contributed by atoms with Crippen LogP contribution in [0.3, 0.4) is 0 Å². The molecule has 0 aliphatic heterocycles. The monoisotopic (exact) mass is 364 g/mol. The first-order valence-corrected chi connectivity index (χ1v) is 7.89. The number of anilines is 1. The van der Waals surface area contributed by atoms with Crippen molar-refractivity contribution in [3.63, 3.8) is 0 Å². The van der Waals surface area contributed by atoms with Crippen LogP contribution >= 0.6 is 15.9 Å². The highest BCUT2D eigenvalue weighted by atomic mass is 79.9. The molecule has 1 aliphatic rings. The van der Waals surface area contributed by atoms with Crippen molar-refractivity contribution in [2.75, 3.05) is 19.0 Å². The number of halogens is 4. The van der Waals surface area contributed by atoms with Gasteiger partial charge in [0.05, 0.1) is 11.3 Å². The van der Waals surface area contributed by atoms with Gasteiger partial charge in [-0.05, 0) is 66.9 Å². The summed E-state index contributed by atoms with van der Waals surface area (Å²) in [6, 6.07) is 4.80. The number of hydrogen-bond donors (Lipinski definition) is 1. The molecule has 1 aromatic carbocycles. The van der Waals surface area contributed by atoms with Gasteiger partial charge in [0.1, 0.15) is 0 Å². The molecule has 2 nitrogen and oxygen atoms in total. The van der Waals surface area contributed by atoms with Crippen LogP contribution in [0.5, 0.6) is 0 Å². The molecule has 2 rings (SSSR count). The molecule has 0 amide bonds. The average Bonchev–Trinajstić information content (AvgIpc) is 2.45. The third-order valence-corrected chi connectivity index (χ3v) is 4.94. The van der Waals surface area contributed by atoms with Crippen LogP contribution in [-0.4, -0.2) is 26.2 Å². The van der Waals surface area contributed by atoms with Crippen LogP contribution in [0.2, 0.25) is 0 Å². The van der Waals surface area contributed by atoms with E-state index in [2.05, 4.69) is 26.1 Å². The zero-order valence-electron chi connectivity index (χ0n) is 12.2. The van der Waals surface area contributed by atoms with Crippen LogP contribution in [-0.2, 0) is 6.18 Å². The Morgan fingerprint density at radius 2 is 1.81 bits per heavy atom. The maximum atomic E-state index is 12.7. The van der Waals surface area contributed by atoms with Crippen LogP contribution < -0.4 is 10.2 Å². The van der Waals surface area contributed by atoms with Gasteiger partial charge in [-0.1, -0.05) is 0 Å². The summed E-state index contributed by atoms with van der Waals surface area (Å²) in [7, 11) is 3.93. The highest BCUT2D eigenvalue weighted by molar-refractivity contribution is 9.10. The van der Waals surface area contributed by atoms with E-state index in [1.54, 1.807) is 6.07 Å². The Kier molecular flexibility index (Phi) is 5.20. The Balaban J connectivity index is 2.11. The summed E-state index contributed by atoms with van der Waals surface area (Å²) in [4.78, 5) is 2.09. The topological polar surface area (TPSA) is 15.3 Å². The average molecular weight is 365 g/mol. The second-order valence-electron chi connectivity index (χ2n) is 5.57. The summed E-state index contributed by atoms with van der Waals surface area (Å²) in [6.45, 7) is 0. The second-order valence-corrected chi connectivity index (χ2v) is 6.42. The number of nitrogens with one attached hydrogen (secondary N) is 1. The molecular weight excluding hydrogens is 345 g/mol. The first kappa shape index (κ1) is 16.6. The zero-order valence-corrected chi connectivity index (χ0v) is 13.8. The summed E-state index contributed by atoms with van der Waals surface area (Å²) < 4.78 is 38.6. The maximum Gasteiger partial charge on any atom is 0.416 e.